The number of carbonyl (C=O) groups is 1. The maximum Gasteiger partial charge on any atom is 0.270 e. The molecule has 23 heavy (non-hydrogen) atoms. The van der Waals surface area contributed by atoms with Crippen LogP contribution in [0.3, 0.4) is 0 Å². The minimum Gasteiger partial charge on any atom is -0.395 e. The minimum absolute atomic E-state index is 0.0120. The van der Waals surface area contributed by atoms with Crippen molar-refractivity contribution >= 4 is 5.91 Å². The van der Waals surface area contributed by atoms with Crippen molar-refractivity contribution in [2.24, 2.45) is 7.05 Å². The average molecular weight is 327 g/mol. The lowest BCUT2D eigenvalue weighted by molar-refractivity contribution is 0.00292. The first-order valence-corrected chi connectivity index (χ1v) is 8.06. The third kappa shape index (κ3) is 3.26. The number of aliphatic hydroxyl groups excluding tert-OH is 1. The zero-order valence-corrected chi connectivity index (χ0v) is 13.3. The number of hydrogen-bond donors (Lipinski definition) is 1. The van der Waals surface area contributed by atoms with E-state index < -0.39 is 12.0 Å². The number of alkyl halides is 2. The third-order valence-corrected chi connectivity index (χ3v) is 5.01. The van der Waals surface area contributed by atoms with Gasteiger partial charge in [0.15, 0.2) is 0 Å². The number of amides is 1. The normalized spacial score (nSPS) is 25.9. The van der Waals surface area contributed by atoms with Gasteiger partial charge >= 0.3 is 0 Å². The summed E-state index contributed by atoms with van der Waals surface area (Å²) in [5, 5.41) is 9.35. The van der Waals surface area contributed by atoms with Crippen LogP contribution in [0.1, 0.15) is 29.8 Å². The van der Waals surface area contributed by atoms with Crippen molar-refractivity contribution in [3.8, 4) is 0 Å². The van der Waals surface area contributed by atoms with Gasteiger partial charge in [0.2, 0.25) is 0 Å². The predicted molar refractivity (Wildman–Crippen MR) is 81.5 cm³/mol. The Hall–Kier alpha value is -1.47. The molecule has 3 rings (SSSR count). The van der Waals surface area contributed by atoms with Crippen LogP contribution in [-0.2, 0) is 7.05 Å². The van der Waals surface area contributed by atoms with Crippen LogP contribution in [0.25, 0.3) is 0 Å². The Morgan fingerprint density at radius 2 is 2.09 bits per heavy atom. The average Bonchev–Trinajstić information content (AvgIpc) is 3.09. The van der Waals surface area contributed by atoms with Crippen molar-refractivity contribution in [2.75, 3.05) is 26.2 Å². The number of rotatable bonds is 3. The number of piperidine rings is 1. The molecule has 2 aliphatic heterocycles. The Morgan fingerprint density at radius 3 is 2.65 bits per heavy atom. The van der Waals surface area contributed by atoms with Crippen molar-refractivity contribution in [3.63, 3.8) is 0 Å². The molecule has 2 saturated heterocycles. The quantitative estimate of drug-likeness (QED) is 0.911. The van der Waals surface area contributed by atoms with Crippen molar-refractivity contribution in [3.05, 3.63) is 24.0 Å². The van der Waals surface area contributed by atoms with Gasteiger partial charge in [-0.1, -0.05) is 0 Å². The van der Waals surface area contributed by atoms with Crippen molar-refractivity contribution < 1.29 is 18.7 Å². The Morgan fingerprint density at radius 1 is 1.39 bits per heavy atom. The number of nitrogens with zero attached hydrogens (tertiary/aromatic N) is 3. The molecule has 128 valence electrons. The summed E-state index contributed by atoms with van der Waals surface area (Å²) in [6.45, 7) is 0.608. The zero-order valence-electron chi connectivity index (χ0n) is 13.3. The Bertz CT molecular complexity index is 567. The molecule has 2 fully saturated rings. The Kier molecular flexibility index (Phi) is 4.42. The summed E-state index contributed by atoms with van der Waals surface area (Å²) < 4.78 is 29.0. The fraction of sp³-hybridized carbons (Fsp3) is 0.688. The first-order valence-electron chi connectivity index (χ1n) is 8.06. The summed E-state index contributed by atoms with van der Waals surface area (Å²) in [6, 6.07) is 3.16. The molecule has 3 heterocycles. The van der Waals surface area contributed by atoms with Gasteiger partial charge in [-0.15, -0.1) is 0 Å². The maximum absolute atomic E-state index is 13.6. The largest absolute Gasteiger partial charge is 0.395 e. The van der Waals surface area contributed by atoms with Gasteiger partial charge in [-0.25, -0.2) is 8.78 Å². The monoisotopic (exact) mass is 327 g/mol. The topological polar surface area (TPSA) is 48.7 Å². The summed E-state index contributed by atoms with van der Waals surface area (Å²) in [4.78, 5) is 16.0. The molecular weight excluding hydrogens is 304 g/mol. The van der Waals surface area contributed by atoms with E-state index in [4.69, 9.17) is 0 Å². The molecule has 0 radical (unpaired) electrons. The molecule has 1 N–H and O–H groups in total. The van der Waals surface area contributed by atoms with Crippen LogP contribution in [0.5, 0.6) is 0 Å². The summed E-state index contributed by atoms with van der Waals surface area (Å²) in [5.41, 5.74) is 0.643. The molecule has 0 unspecified atom stereocenters. The number of halogens is 2. The lowest BCUT2D eigenvalue weighted by Crippen LogP contribution is -2.49. The fourth-order valence-corrected chi connectivity index (χ4v) is 3.77. The van der Waals surface area contributed by atoms with Crippen LogP contribution in [0, 0.1) is 0 Å². The van der Waals surface area contributed by atoms with E-state index in [0.717, 1.165) is 0 Å². The number of aromatic nitrogens is 1. The highest BCUT2D eigenvalue weighted by Crippen LogP contribution is 2.35. The van der Waals surface area contributed by atoms with Gasteiger partial charge in [-0.3, -0.25) is 9.69 Å². The van der Waals surface area contributed by atoms with E-state index in [9.17, 15) is 18.7 Å². The molecule has 2 aliphatic rings. The van der Waals surface area contributed by atoms with E-state index in [2.05, 4.69) is 0 Å². The molecule has 1 aromatic heterocycles. The van der Waals surface area contributed by atoms with Crippen LogP contribution in [-0.4, -0.2) is 69.6 Å². The summed E-state index contributed by atoms with van der Waals surface area (Å²) in [5.74, 6) is -2.73. The third-order valence-electron chi connectivity index (χ3n) is 5.01. The number of carbonyl (C=O) groups excluding carboxylic acids is 1. The van der Waals surface area contributed by atoms with E-state index in [-0.39, 0.29) is 31.5 Å². The SMILES string of the molecule is Cn1cccc1C(=O)N1CCC(N2CC(F)(F)C[C@H]2CO)CC1. The molecule has 1 atom stereocenters. The Balaban J connectivity index is 1.60. The lowest BCUT2D eigenvalue weighted by Gasteiger charge is -2.38. The predicted octanol–water partition coefficient (Wildman–Crippen LogP) is 1.33. The smallest absolute Gasteiger partial charge is 0.270 e. The summed E-state index contributed by atoms with van der Waals surface area (Å²) >= 11 is 0. The second kappa shape index (κ2) is 6.20. The zero-order chi connectivity index (χ0) is 16.6. The van der Waals surface area contributed by atoms with Crippen molar-refractivity contribution in [1.29, 1.82) is 0 Å². The van der Waals surface area contributed by atoms with Crippen molar-refractivity contribution in [1.82, 2.24) is 14.4 Å². The second-order valence-corrected chi connectivity index (χ2v) is 6.60. The lowest BCUT2D eigenvalue weighted by atomic mass is 10.0. The highest BCUT2D eigenvalue weighted by molar-refractivity contribution is 5.92. The molecule has 1 amide bonds. The molecule has 1 aromatic rings. The van der Waals surface area contributed by atoms with Gasteiger partial charge in [0, 0.05) is 44.8 Å². The van der Waals surface area contributed by atoms with Crippen LogP contribution in [0.15, 0.2) is 18.3 Å². The highest BCUT2D eigenvalue weighted by atomic mass is 19.3. The number of aryl methyl sites for hydroxylation is 1. The van der Waals surface area contributed by atoms with E-state index in [1.807, 2.05) is 19.3 Å². The number of aliphatic hydroxyl groups is 1. The van der Waals surface area contributed by atoms with E-state index in [1.165, 1.54) is 0 Å². The van der Waals surface area contributed by atoms with Gasteiger partial charge < -0.3 is 14.6 Å². The molecule has 0 aliphatic carbocycles. The van der Waals surface area contributed by atoms with Crippen molar-refractivity contribution in [2.45, 2.75) is 37.3 Å². The molecule has 0 bridgehead atoms. The molecule has 5 nitrogen and oxygen atoms in total. The first-order chi connectivity index (χ1) is 10.9. The first kappa shape index (κ1) is 16.4. The summed E-state index contributed by atoms with van der Waals surface area (Å²) in [6.07, 6.45) is 2.90. The molecule has 0 spiro atoms. The maximum atomic E-state index is 13.6. The van der Waals surface area contributed by atoms with E-state index in [0.29, 0.717) is 31.6 Å². The minimum atomic E-state index is -2.72. The van der Waals surface area contributed by atoms with Gasteiger partial charge in [-0.2, -0.15) is 0 Å². The summed E-state index contributed by atoms with van der Waals surface area (Å²) in [7, 11) is 1.83. The van der Waals surface area contributed by atoms with Gasteiger partial charge in [0.05, 0.1) is 13.2 Å². The standard InChI is InChI=1S/C16H23F2N3O2/c1-19-6-2-3-14(19)15(23)20-7-4-12(5-8-20)21-11-16(17,18)9-13(21)10-22/h2-3,6,12-13,22H,4-5,7-11H2,1H3/t13-/m0/s1. The van der Waals surface area contributed by atoms with E-state index >= 15 is 0 Å². The Labute approximate surface area is 134 Å². The van der Waals surface area contributed by atoms with Gasteiger partial charge in [0.25, 0.3) is 11.8 Å². The highest BCUT2D eigenvalue weighted by Gasteiger charge is 2.47. The van der Waals surface area contributed by atoms with Crippen LogP contribution in [0.2, 0.25) is 0 Å². The molecule has 7 heteroatoms. The second-order valence-electron chi connectivity index (χ2n) is 6.60. The van der Waals surface area contributed by atoms with Crippen LogP contribution < -0.4 is 0 Å². The molecular formula is C16H23F2N3O2. The fourth-order valence-electron chi connectivity index (χ4n) is 3.77. The van der Waals surface area contributed by atoms with Gasteiger partial charge in [-0.05, 0) is 25.0 Å². The molecule has 0 saturated carbocycles. The van der Waals surface area contributed by atoms with Crippen LogP contribution in [0.4, 0.5) is 8.78 Å². The van der Waals surface area contributed by atoms with Crippen LogP contribution >= 0.6 is 0 Å². The van der Waals surface area contributed by atoms with E-state index in [1.54, 1.807) is 20.4 Å². The van der Waals surface area contributed by atoms with Gasteiger partial charge in [0.1, 0.15) is 5.69 Å². The number of likely N-dealkylation sites (tertiary alicyclic amines) is 2. The molecule has 0 aromatic carbocycles. The number of hydrogen-bond acceptors (Lipinski definition) is 3.